The van der Waals surface area contributed by atoms with Crippen molar-refractivity contribution in [3.8, 4) is 0 Å². The molecular formula is C9H9Cl2NO. The normalized spacial score (nSPS) is 26.1. The highest BCUT2D eigenvalue weighted by atomic mass is 35.5. The van der Waals surface area contributed by atoms with Gasteiger partial charge >= 0.3 is 0 Å². The van der Waals surface area contributed by atoms with Crippen LogP contribution in [0.1, 0.15) is 17.9 Å². The molecule has 1 aromatic rings. The van der Waals surface area contributed by atoms with Crippen LogP contribution in [-0.4, -0.2) is 16.7 Å². The van der Waals surface area contributed by atoms with E-state index in [4.69, 9.17) is 28.3 Å². The number of hydrogen-bond donors (Lipinski definition) is 1. The quantitative estimate of drug-likeness (QED) is 0.827. The summed E-state index contributed by atoms with van der Waals surface area (Å²) in [7, 11) is 0. The SMILES string of the molecule is OCC1CC1c1c(Cl)cncc1Cl. The predicted molar refractivity (Wildman–Crippen MR) is 52.2 cm³/mol. The van der Waals surface area contributed by atoms with Crippen molar-refractivity contribution in [1.82, 2.24) is 4.98 Å². The van der Waals surface area contributed by atoms with E-state index < -0.39 is 0 Å². The molecule has 1 aliphatic carbocycles. The summed E-state index contributed by atoms with van der Waals surface area (Å²) in [4.78, 5) is 3.88. The van der Waals surface area contributed by atoms with Gasteiger partial charge in [0.15, 0.2) is 0 Å². The lowest BCUT2D eigenvalue weighted by atomic mass is 10.1. The van der Waals surface area contributed by atoms with Crippen LogP contribution >= 0.6 is 23.2 Å². The molecule has 1 fully saturated rings. The maximum atomic E-state index is 8.92. The van der Waals surface area contributed by atoms with Crippen LogP contribution < -0.4 is 0 Å². The van der Waals surface area contributed by atoms with E-state index in [1.54, 1.807) is 12.4 Å². The van der Waals surface area contributed by atoms with Gasteiger partial charge in [0.25, 0.3) is 0 Å². The van der Waals surface area contributed by atoms with Crippen molar-refractivity contribution in [2.24, 2.45) is 5.92 Å². The molecule has 1 aromatic heterocycles. The summed E-state index contributed by atoms with van der Waals surface area (Å²) in [6, 6.07) is 0. The lowest BCUT2D eigenvalue weighted by molar-refractivity contribution is 0.274. The minimum absolute atomic E-state index is 0.208. The summed E-state index contributed by atoms with van der Waals surface area (Å²) in [5.41, 5.74) is 0.942. The molecule has 1 N–H and O–H groups in total. The third kappa shape index (κ3) is 1.66. The van der Waals surface area contributed by atoms with Crippen LogP contribution in [0.3, 0.4) is 0 Å². The first-order chi connectivity index (χ1) is 6.24. The van der Waals surface area contributed by atoms with E-state index in [1.165, 1.54) is 0 Å². The predicted octanol–water partition coefficient (Wildman–Crippen LogP) is 2.48. The fraction of sp³-hybridized carbons (Fsp3) is 0.444. The van der Waals surface area contributed by atoms with Gasteiger partial charge in [0.05, 0.1) is 10.0 Å². The number of pyridine rings is 1. The Balaban J connectivity index is 2.30. The number of rotatable bonds is 2. The van der Waals surface area contributed by atoms with Crippen LogP contribution in [0.2, 0.25) is 10.0 Å². The summed E-state index contributed by atoms with van der Waals surface area (Å²) in [5.74, 6) is 0.658. The smallest absolute Gasteiger partial charge is 0.0639 e. The van der Waals surface area contributed by atoms with Gasteiger partial charge in [-0.1, -0.05) is 23.2 Å². The van der Waals surface area contributed by atoms with E-state index in [0.29, 0.717) is 21.9 Å². The minimum atomic E-state index is 0.208. The summed E-state index contributed by atoms with van der Waals surface area (Å²) in [6.07, 6.45) is 4.16. The molecule has 13 heavy (non-hydrogen) atoms. The minimum Gasteiger partial charge on any atom is -0.396 e. The van der Waals surface area contributed by atoms with Crippen molar-refractivity contribution in [3.05, 3.63) is 28.0 Å². The number of halogens is 2. The highest BCUT2D eigenvalue weighted by Gasteiger charge is 2.40. The first-order valence-corrected chi connectivity index (χ1v) is 4.89. The van der Waals surface area contributed by atoms with E-state index in [9.17, 15) is 0 Å². The fourth-order valence-electron chi connectivity index (χ4n) is 1.58. The second kappa shape index (κ2) is 3.45. The van der Waals surface area contributed by atoms with Crippen molar-refractivity contribution in [3.63, 3.8) is 0 Å². The number of hydrogen-bond acceptors (Lipinski definition) is 2. The third-order valence-corrected chi connectivity index (χ3v) is 3.02. The molecule has 2 rings (SSSR count). The Morgan fingerprint density at radius 2 is 2.00 bits per heavy atom. The Morgan fingerprint density at radius 3 is 2.46 bits per heavy atom. The zero-order valence-corrected chi connectivity index (χ0v) is 8.39. The molecule has 0 spiro atoms. The van der Waals surface area contributed by atoms with E-state index in [0.717, 1.165) is 12.0 Å². The van der Waals surface area contributed by atoms with Crippen LogP contribution in [0, 0.1) is 5.92 Å². The van der Waals surface area contributed by atoms with Gasteiger partial charge in [0, 0.05) is 19.0 Å². The number of aliphatic hydroxyl groups excluding tert-OH is 1. The maximum Gasteiger partial charge on any atom is 0.0639 e. The Labute approximate surface area is 86.5 Å². The van der Waals surface area contributed by atoms with Crippen molar-refractivity contribution in [2.75, 3.05) is 6.61 Å². The summed E-state index contributed by atoms with van der Waals surface area (Å²) in [6.45, 7) is 0.208. The lowest BCUT2D eigenvalue weighted by Gasteiger charge is -2.04. The molecule has 2 nitrogen and oxygen atoms in total. The molecule has 1 aliphatic rings. The summed E-state index contributed by atoms with van der Waals surface area (Å²) >= 11 is 11.9. The topological polar surface area (TPSA) is 33.1 Å². The second-order valence-corrected chi connectivity index (χ2v) is 4.12. The molecule has 0 bridgehead atoms. The van der Waals surface area contributed by atoms with Gasteiger partial charge < -0.3 is 5.11 Å². The molecule has 2 unspecified atom stereocenters. The molecule has 0 aromatic carbocycles. The van der Waals surface area contributed by atoms with E-state index in [1.807, 2.05) is 0 Å². The molecule has 0 saturated heterocycles. The van der Waals surface area contributed by atoms with Crippen LogP contribution in [0.5, 0.6) is 0 Å². The largest absolute Gasteiger partial charge is 0.396 e. The second-order valence-electron chi connectivity index (χ2n) is 3.30. The molecular weight excluding hydrogens is 209 g/mol. The van der Waals surface area contributed by atoms with Gasteiger partial charge in [-0.2, -0.15) is 0 Å². The van der Waals surface area contributed by atoms with Gasteiger partial charge in [-0.05, 0) is 23.8 Å². The van der Waals surface area contributed by atoms with E-state index >= 15 is 0 Å². The van der Waals surface area contributed by atoms with Crippen molar-refractivity contribution >= 4 is 23.2 Å². The molecule has 1 saturated carbocycles. The Morgan fingerprint density at radius 1 is 1.38 bits per heavy atom. The van der Waals surface area contributed by atoms with Gasteiger partial charge in [-0.25, -0.2) is 0 Å². The van der Waals surface area contributed by atoms with Gasteiger partial charge in [-0.15, -0.1) is 0 Å². The summed E-state index contributed by atoms with van der Waals surface area (Å²) in [5, 5.41) is 10.1. The molecule has 0 aliphatic heterocycles. The van der Waals surface area contributed by atoms with Crippen molar-refractivity contribution in [1.29, 1.82) is 0 Å². The highest BCUT2D eigenvalue weighted by molar-refractivity contribution is 6.35. The van der Waals surface area contributed by atoms with Crippen LogP contribution in [0.25, 0.3) is 0 Å². The average Bonchev–Trinajstić information content (AvgIpc) is 2.83. The lowest BCUT2D eigenvalue weighted by Crippen LogP contribution is -1.91. The Hall–Kier alpha value is -0.310. The standard InChI is InChI=1S/C9H9Cl2NO/c10-7-2-12-3-8(11)9(7)6-1-5(6)4-13/h2-3,5-6,13H,1,4H2. The first kappa shape index (κ1) is 9.25. The van der Waals surface area contributed by atoms with Gasteiger partial charge in [-0.3, -0.25) is 4.98 Å². The fourth-order valence-corrected chi connectivity index (χ4v) is 2.22. The molecule has 70 valence electrons. The monoisotopic (exact) mass is 217 g/mol. The Kier molecular flexibility index (Phi) is 2.45. The maximum absolute atomic E-state index is 8.92. The molecule has 4 heteroatoms. The zero-order chi connectivity index (χ0) is 9.42. The molecule has 1 heterocycles. The van der Waals surface area contributed by atoms with Gasteiger partial charge in [0.1, 0.15) is 0 Å². The summed E-state index contributed by atoms with van der Waals surface area (Å²) < 4.78 is 0. The number of aliphatic hydroxyl groups is 1. The number of aromatic nitrogens is 1. The highest BCUT2D eigenvalue weighted by Crippen LogP contribution is 2.51. The van der Waals surface area contributed by atoms with Crippen molar-refractivity contribution < 1.29 is 5.11 Å². The Bertz CT molecular complexity index is 309. The van der Waals surface area contributed by atoms with E-state index in [2.05, 4.69) is 4.98 Å². The first-order valence-electron chi connectivity index (χ1n) is 4.13. The number of nitrogens with zero attached hydrogens (tertiary/aromatic N) is 1. The van der Waals surface area contributed by atoms with Crippen LogP contribution in [0.4, 0.5) is 0 Å². The van der Waals surface area contributed by atoms with E-state index in [-0.39, 0.29) is 6.61 Å². The van der Waals surface area contributed by atoms with Crippen molar-refractivity contribution in [2.45, 2.75) is 12.3 Å². The molecule has 0 radical (unpaired) electrons. The third-order valence-electron chi connectivity index (χ3n) is 2.42. The zero-order valence-electron chi connectivity index (χ0n) is 6.87. The molecule has 0 amide bonds. The molecule has 2 atom stereocenters. The van der Waals surface area contributed by atoms with Crippen LogP contribution in [0.15, 0.2) is 12.4 Å². The van der Waals surface area contributed by atoms with Crippen LogP contribution in [-0.2, 0) is 0 Å². The van der Waals surface area contributed by atoms with Gasteiger partial charge in [0.2, 0.25) is 0 Å². The average molecular weight is 218 g/mol.